The molecule has 1 saturated heterocycles. The van der Waals surface area contributed by atoms with E-state index in [1.807, 2.05) is 0 Å². The van der Waals surface area contributed by atoms with Crippen molar-refractivity contribution in [3.05, 3.63) is 29.8 Å². The van der Waals surface area contributed by atoms with Crippen molar-refractivity contribution in [2.75, 3.05) is 24.6 Å². The molecule has 2 nitrogen and oxygen atoms in total. The van der Waals surface area contributed by atoms with Gasteiger partial charge in [0.1, 0.15) is 0 Å². The summed E-state index contributed by atoms with van der Waals surface area (Å²) in [5.41, 5.74) is 3.29. The molecule has 0 amide bonds. The highest BCUT2D eigenvalue weighted by Crippen LogP contribution is 2.42. The van der Waals surface area contributed by atoms with E-state index in [2.05, 4.69) is 43.0 Å². The van der Waals surface area contributed by atoms with Crippen LogP contribution in [0.1, 0.15) is 51.5 Å². The standard InChI is InChI=1S/C18H29NO/c1-3-10-18(11-4-2)14-19(15-18)17-9-5-7-16(13-17)8-6-12-20/h5,7,9,13,20H,3-4,6,8,10-12,14-15H2,1-2H3. The number of hydrogen-bond donors (Lipinski definition) is 1. The van der Waals surface area contributed by atoms with Gasteiger partial charge >= 0.3 is 0 Å². The third kappa shape index (κ3) is 3.54. The van der Waals surface area contributed by atoms with E-state index in [-0.39, 0.29) is 6.61 Å². The van der Waals surface area contributed by atoms with Crippen molar-refractivity contribution in [1.29, 1.82) is 0 Å². The molecule has 1 fully saturated rings. The van der Waals surface area contributed by atoms with Crippen molar-refractivity contribution in [2.24, 2.45) is 5.41 Å². The largest absolute Gasteiger partial charge is 0.396 e. The third-order valence-corrected chi connectivity index (χ3v) is 4.51. The highest BCUT2D eigenvalue weighted by Gasteiger charge is 2.41. The molecule has 112 valence electrons. The van der Waals surface area contributed by atoms with Gasteiger partial charge in [-0.2, -0.15) is 0 Å². The lowest BCUT2D eigenvalue weighted by Crippen LogP contribution is -2.56. The Morgan fingerprint density at radius 3 is 2.45 bits per heavy atom. The number of anilines is 1. The summed E-state index contributed by atoms with van der Waals surface area (Å²) < 4.78 is 0. The molecule has 2 heteroatoms. The van der Waals surface area contributed by atoms with E-state index < -0.39 is 0 Å². The van der Waals surface area contributed by atoms with Crippen LogP contribution in [0.15, 0.2) is 24.3 Å². The molecule has 0 saturated carbocycles. The summed E-state index contributed by atoms with van der Waals surface area (Å²) >= 11 is 0. The van der Waals surface area contributed by atoms with Gasteiger partial charge in [0, 0.05) is 30.8 Å². The highest BCUT2D eigenvalue weighted by atomic mass is 16.2. The smallest absolute Gasteiger partial charge is 0.0434 e. The second-order valence-electron chi connectivity index (χ2n) is 6.35. The zero-order valence-corrected chi connectivity index (χ0v) is 13.1. The topological polar surface area (TPSA) is 23.5 Å². The quantitative estimate of drug-likeness (QED) is 0.774. The van der Waals surface area contributed by atoms with Crippen LogP contribution in [-0.4, -0.2) is 24.8 Å². The molecular formula is C18H29NO. The van der Waals surface area contributed by atoms with Gasteiger partial charge in [-0.15, -0.1) is 0 Å². The Kier molecular flexibility index (Phi) is 5.47. The van der Waals surface area contributed by atoms with Gasteiger partial charge < -0.3 is 10.0 Å². The van der Waals surface area contributed by atoms with Gasteiger partial charge in [-0.3, -0.25) is 0 Å². The first-order valence-corrected chi connectivity index (χ1v) is 8.18. The van der Waals surface area contributed by atoms with Crippen molar-refractivity contribution in [2.45, 2.75) is 52.4 Å². The van der Waals surface area contributed by atoms with Crippen LogP contribution in [0, 0.1) is 5.41 Å². The van der Waals surface area contributed by atoms with E-state index in [4.69, 9.17) is 5.11 Å². The molecular weight excluding hydrogens is 246 g/mol. The number of benzene rings is 1. The fraction of sp³-hybridized carbons (Fsp3) is 0.667. The Balaban J connectivity index is 1.97. The van der Waals surface area contributed by atoms with Crippen LogP contribution < -0.4 is 4.90 Å². The van der Waals surface area contributed by atoms with Crippen molar-refractivity contribution < 1.29 is 5.11 Å². The minimum absolute atomic E-state index is 0.282. The van der Waals surface area contributed by atoms with Crippen LogP contribution in [-0.2, 0) is 6.42 Å². The summed E-state index contributed by atoms with van der Waals surface area (Å²) in [6.45, 7) is 7.32. The minimum Gasteiger partial charge on any atom is -0.396 e. The van der Waals surface area contributed by atoms with Crippen molar-refractivity contribution >= 4 is 5.69 Å². The first-order valence-electron chi connectivity index (χ1n) is 8.18. The third-order valence-electron chi connectivity index (χ3n) is 4.51. The monoisotopic (exact) mass is 275 g/mol. The molecule has 1 aliphatic rings. The molecule has 0 aliphatic carbocycles. The number of nitrogens with zero attached hydrogens (tertiary/aromatic N) is 1. The normalized spacial score (nSPS) is 17.1. The molecule has 1 N–H and O–H groups in total. The number of aliphatic hydroxyl groups is 1. The minimum atomic E-state index is 0.282. The van der Waals surface area contributed by atoms with E-state index in [1.165, 1.54) is 50.0 Å². The van der Waals surface area contributed by atoms with Gasteiger partial charge in [0.05, 0.1) is 0 Å². The molecule has 1 heterocycles. The number of rotatable bonds is 8. The summed E-state index contributed by atoms with van der Waals surface area (Å²) in [6.07, 6.45) is 7.16. The van der Waals surface area contributed by atoms with Crippen LogP contribution in [0.3, 0.4) is 0 Å². The molecule has 1 aromatic carbocycles. The summed E-state index contributed by atoms with van der Waals surface area (Å²) in [6, 6.07) is 8.85. The average molecular weight is 275 g/mol. The van der Waals surface area contributed by atoms with Gasteiger partial charge in [0.25, 0.3) is 0 Å². The Labute approximate surface area is 123 Å². The van der Waals surface area contributed by atoms with E-state index >= 15 is 0 Å². The number of aryl methyl sites for hydroxylation is 1. The van der Waals surface area contributed by atoms with Gasteiger partial charge in [-0.25, -0.2) is 0 Å². The second-order valence-corrected chi connectivity index (χ2v) is 6.35. The Bertz CT molecular complexity index is 402. The Morgan fingerprint density at radius 2 is 1.85 bits per heavy atom. The zero-order valence-electron chi connectivity index (χ0n) is 13.1. The van der Waals surface area contributed by atoms with E-state index in [0.29, 0.717) is 5.41 Å². The van der Waals surface area contributed by atoms with Crippen molar-refractivity contribution in [1.82, 2.24) is 0 Å². The molecule has 0 spiro atoms. The van der Waals surface area contributed by atoms with Gasteiger partial charge in [-0.1, -0.05) is 38.8 Å². The van der Waals surface area contributed by atoms with Crippen LogP contribution >= 0.6 is 0 Å². The maximum Gasteiger partial charge on any atom is 0.0434 e. The molecule has 0 unspecified atom stereocenters. The summed E-state index contributed by atoms with van der Waals surface area (Å²) in [4.78, 5) is 2.52. The lowest BCUT2D eigenvalue weighted by atomic mass is 9.72. The molecule has 0 bridgehead atoms. The predicted molar refractivity (Wildman–Crippen MR) is 86.3 cm³/mol. The second kappa shape index (κ2) is 7.12. The number of aliphatic hydroxyl groups excluding tert-OH is 1. The molecule has 20 heavy (non-hydrogen) atoms. The zero-order chi connectivity index (χ0) is 14.4. The van der Waals surface area contributed by atoms with Crippen molar-refractivity contribution in [3.8, 4) is 0 Å². The fourth-order valence-electron chi connectivity index (χ4n) is 3.64. The first-order chi connectivity index (χ1) is 9.73. The molecule has 0 aromatic heterocycles. The average Bonchev–Trinajstić information content (AvgIpc) is 2.42. The molecule has 0 atom stereocenters. The summed E-state index contributed by atoms with van der Waals surface area (Å²) in [5, 5.41) is 8.94. The summed E-state index contributed by atoms with van der Waals surface area (Å²) in [7, 11) is 0. The Hall–Kier alpha value is -1.02. The van der Waals surface area contributed by atoms with Gasteiger partial charge in [0.15, 0.2) is 0 Å². The van der Waals surface area contributed by atoms with Gasteiger partial charge in [-0.05, 0) is 43.4 Å². The summed E-state index contributed by atoms with van der Waals surface area (Å²) in [5.74, 6) is 0. The van der Waals surface area contributed by atoms with E-state index in [0.717, 1.165) is 12.8 Å². The van der Waals surface area contributed by atoms with E-state index in [1.54, 1.807) is 0 Å². The molecule has 2 rings (SSSR count). The Morgan fingerprint density at radius 1 is 1.15 bits per heavy atom. The van der Waals surface area contributed by atoms with Crippen LogP contribution in [0.4, 0.5) is 5.69 Å². The molecule has 1 aliphatic heterocycles. The number of hydrogen-bond acceptors (Lipinski definition) is 2. The van der Waals surface area contributed by atoms with Crippen LogP contribution in [0.5, 0.6) is 0 Å². The maximum absolute atomic E-state index is 8.94. The van der Waals surface area contributed by atoms with Crippen molar-refractivity contribution in [3.63, 3.8) is 0 Å². The van der Waals surface area contributed by atoms with E-state index in [9.17, 15) is 0 Å². The fourth-order valence-corrected chi connectivity index (χ4v) is 3.64. The predicted octanol–water partition coefficient (Wildman–Crippen LogP) is 4.02. The maximum atomic E-state index is 8.94. The SMILES string of the molecule is CCCC1(CCC)CN(c2cccc(CCCO)c2)C1. The molecule has 1 aromatic rings. The lowest BCUT2D eigenvalue weighted by molar-refractivity contribution is 0.173. The lowest BCUT2D eigenvalue weighted by Gasteiger charge is -2.52. The first kappa shape index (κ1) is 15.4. The van der Waals surface area contributed by atoms with Crippen LogP contribution in [0.25, 0.3) is 0 Å². The van der Waals surface area contributed by atoms with Crippen LogP contribution in [0.2, 0.25) is 0 Å². The highest BCUT2D eigenvalue weighted by molar-refractivity contribution is 5.51. The van der Waals surface area contributed by atoms with Gasteiger partial charge in [0.2, 0.25) is 0 Å². The molecule has 0 radical (unpaired) electrons.